The third-order valence-corrected chi connectivity index (χ3v) is 5.32. The fourth-order valence-electron chi connectivity index (χ4n) is 2.73. The van der Waals surface area contributed by atoms with Gasteiger partial charge in [-0.3, -0.25) is 9.10 Å². The smallest absolute Gasteiger partial charge is 0.240 e. The predicted octanol–water partition coefficient (Wildman–Crippen LogP) is 2.44. The fourth-order valence-corrected chi connectivity index (χ4v) is 3.64. The number of hydrogen-bond donors (Lipinski definition) is 1. The van der Waals surface area contributed by atoms with Crippen molar-refractivity contribution in [2.45, 2.75) is 20.3 Å². The van der Waals surface area contributed by atoms with E-state index in [4.69, 9.17) is 4.74 Å². The summed E-state index contributed by atoms with van der Waals surface area (Å²) in [5.41, 5.74) is 3.29. The summed E-state index contributed by atoms with van der Waals surface area (Å²) in [6, 6.07) is 13.1. The van der Waals surface area contributed by atoms with Gasteiger partial charge in [-0.25, -0.2) is 8.42 Å². The van der Waals surface area contributed by atoms with Crippen LogP contribution in [0.1, 0.15) is 16.7 Å². The minimum Gasteiger partial charge on any atom is -0.497 e. The van der Waals surface area contributed by atoms with E-state index in [9.17, 15) is 13.2 Å². The first-order valence-corrected chi connectivity index (χ1v) is 10.5. The number of methoxy groups -OCH3 is 1. The lowest BCUT2D eigenvalue weighted by atomic mass is 10.1. The van der Waals surface area contributed by atoms with Crippen LogP contribution in [0.25, 0.3) is 0 Å². The molecule has 0 atom stereocenters. The van der Waals surface area contributed by atoms with Crippen molar-refractivity contribution in [3.8, 4) is 5.75 Å². The molecule has 0 aliphatic carbocycles. The van der Waals surface area contributed by atoms with Crippen molar-refractivity contribution in [2.75, 3.05) is 30.8 Å². The highest BCUT2D eigenvalue weighted by atomic mass is 32.2. The Kier molecular flexibility index (Phi) is 6.85. The SMILES string of the molecule is COc1cccc(CCNC(=O)CN(c2cc(C)ccc2C)S(C)(=O)=O)c1. The maximum Gasteiger partial charge on any atom is 0.240 e. The maximum absolute atomic E-state index is 12.3. The van der Waals surface area contributed by atoms with E-state index in [1.807, 2.05) is 50.2 Å². The summed E-state index contributed by atoms with van der Waals surface area (Å²) < 4.78 is 30.8. The molecule has 0 aliphatic rings. The van der Waals surface area contributed by atoms with Gasteiger partial charge in [0.25, 0.3) is 0 Å². The van der Waals surface area contributed by atoms with Gasteiger partial charge in [0.05, 0.1) is 19.1 Å². The predicted molar refractivity (Wildman–Crippen MR) is 108 cm³/mol. The van der Waals surface area contributed by atoms with Crippen LogP contribution in [0.2, 0.25) is 0 Å². The lowest BCUT2D eigenvalue weighted by Crippen LogP contribution is -2.41. The Balaban J connectivity index is 2.03. The molecule has 0 aromatic heterocycles. The number of rotatable bonds is 8. The van der Waals surface area contributed by atoms with Crippen molar-refractivity contribution in [3.63, 3.8) is 0 Å². The monoisotopic (exact) mass is 390 g/mol. The molecule has 1 amide bonds. The number of nitrogens with zero attached hydrogens (tertiary/aromatic N) is 1. The lowest BCUT2D eigenvalue weighted by molar-refractivity contribution is -0.119. The van der Waals surface area contributed by atoms with Gasteiger partial charge in [-0.15, -0.1) is 0 Å². The van der Waals surface area contributed by atoms with Gasteiger partial charge in [-0.1, -0.05) is 24.3 Å². The molecule has 7 heteroatoms. The third-order valence-electron chi connectivity index (χ3n) is 4.19. The zero-order valence-corrected chi connectivity index (χ0v) is 17.0. The van der Waals surface area contributed by atoms with E-state index in [-0.39, 0.29) is 12.5 Å². The molecular formula is C20H26N2O4S. The van der Waals surface area contributed by atoms with Crippen molar-refractivity contribution in [1.29, 1.82) is 0 Å². The van der Waals surface area contributed by atoms with Gasteiger partial charge in [0, 0.05) is 6.54 Å². The minimum absolute atomic E-state index is 0.249. The molecule has 0 radical (unpaired) electrons. The highest BCUT2D eigenvalue weighted by molar-refractivity contribution is 7.92. The molecule has 2 aromatic carbocycles. The highest BCUT2D eigenvalue weighted by Crippen LogP contribution is 2.23. The maximum atomic E-state index is 12.3. The molecule has 1 N–H and O–H groups in total. The van der Waals surface area contributed by atoms with Gasteiger partial charge in [0.15, 0.2) is 0 Å². The first-order chi connectivity index (χ1) is 12.7. The molecule has 0 saturated heterocycles. The molecule has 6 nitrogen and oxygen atoms in total. The van der Waals surface area contributed by atoms with Crippen molar-refractivity contribution >= 4 is 21.6 Å². The van der Waals surface area contributed by atoms with Gasteiger partial charge >= 0.3 is 0 Å². The molecule has 0 saturated carbocycles. The third kappa shape index (κ3) is 5.99. The molecular weight excluding hydrogens is 364 g/mol. The Morgan fingerprint density at radius 3 is 2.56 bits per heavy atom. The van der Waals surface area contributed by atoms with Crippen LogP contribution in [0.3, 0.4) is 0 Å². The fraction of sp³-hybridized carbons (Fsp3) is 0.350. The molecule has 0 spiro atoms. The summed E-state index contributed by atoms with van der Waals surface area (Å²) in [5, 5.41) is 2.79. The Hall–Kier alpha value is -2.54. The number of carbonyl (C=O) groups is 1. The van der Waals surface area contributed by atoms with Gasteiger partial charge in [-0.05, 0) is 55.2 Å². The second-order valence-corrected chi connectivity index (χ2v) is 8.42. The van der Waals surface area contributed by atoms with E-state index in [0.717, 1.165) is 33.0 Å². The average Bonchev–Trinajstić information content (AvgIpc) is 2.61. The Labute approximate surface area is 161 Å². The largest absolute Gasteiger partial charge is 0.497 e. The molecule has 27 heavy (non-hydrogen) atoms. The molecule has 2 rings (SSSR count). The van der Waals surface area contributed by atoms with E-state index >= 15 is 0 Å². The van der Waals surface area contributed by atoms with Crippen molar-refractivity contribution in [3.05, 3.63) is 59.2 Å². The number of hydrogen-bond acceptors (Lipinski definition) is 4. The summed E-state index contributed by atoms with van der Waals surface area (Å²) in [7, 11) is -1.98. The summed E-state index contributed by atoms with van der Waals surface area (Å²) in [4.78, 5) is 12.3. The number of amides is 1. The van der Waals surface area contributed by atoms with Crippen LogP contribution in [0.4, 0.5) is 5.69 Å². The van der Waals surface area contributed by atoms with E-state index in [1.54, 1.807) is 13.2 Å². The molecule has 0 fully saturated rings. The van der Waals surface area contributed by atoms with Gasteiger partial charge in [0.2, 0.25) is 15.9 Å². The quantitative estimate of drug-likeness (QED) is 0.751. The lowest BCUT2D eigenvalue weighted by Gasteiger charge is -2.24. The first kappa shape index (κ1) is 20.8. The summed E-state index contributed by atoms with van der Waals surface area (Å²) in [6.07, 6.45) is 1.74. The average molecular weight is 391 g/mol. The molecule has 2 aromatic rings. The summed E-state index contributed by atoms with van der Waals surface area (Å²) >= 11 is 0. The van der Waals surface area contributed by atoms with Crippen LogP contribution in [0.5, 0.6) is 5.75 Å². The van der Waals surface area contributed by atoms with E-state index in [0.29, 0.717) is 18.7 Å². The van der Waals surface area contributed by atoms with Crippen LogP contribution in [-0.4, -0.2) is 40.8 Å². The van der Waals surface area contributed by atoms with Crippen molar-refractivity contribution in [2.24, 2.45) is 0 Å². The van der Waals surface area contributed by atoms with Crippen LogP contribution in [-0.2, 0) is 21.2 Å². The number of anilines is 1. The molecule has 0 bridgehead atoms. The standard InChI is InChI=1S/C20H26N2O4S/c1-15-8-9-16(2)19(12-15)22(27(4,24)25)14-20(23)21-11-10-17-6-5-7-18(13-17)26-3/h5-9,12-13H,10-11,14H2,1-4H3,(H,21,23). The van der Waals surface area contributed by atoms with Crippen molar-refractivity contribution in [1.82, 2.24) is 5.32 Å². The number of nitrogens with one attached hydrogen (secondary N) is 1. The normalized spacial score (nSPS) is 11.1. The number of benzene rings is 2. The van der Waals surface area contributed by atoms with Gasteiger partial charge in [-0.2, -0.15) is 0 Å². The van der Waals surface area contributed by atoms with Gasteiger partial charge in [0.1, 0.15) is 12.3 Å². The van der Waals surface area contributed by atoms with Gasteiger partial charge < -0.3 is 10.1 Å². The molecule has 0 heterocycles. The Morgan fingerprint density at radius 1 is 1.15 bits per heavy atom. The van der Waals surface area contributed by atoms with E-state index in [2.05, 4.69) is 5.32 Å². The van der Waals surface area contributed by atoms with Crippen LogP contribution in [0.15, 0.2) is 42.5 Å². The minimum atomic E-state index is -3.58. The van der Waals surface area contributed by atoms with E-state index in [1.165, 1.54) is 0 Å². The zero-order valence-electron chi connectivity index (χ0n) is 16.2. The highest BCUT2D eigenvalue weighted by Gasteiger charge is 2.22. The summed E-state index contributed by atoms with van der Waals surface area (Å²) in [6.45, 7) is 3.88. The molecule has 0 aliphatic heterocycles. The second-order valence-electron chi connectivity index (χ2n) is 6.51. The van der Waals surface area contributed by atoms with Crippen LogP contribution in [0, 0.1) is 13.8 Å². The number of sulfonamides is 1. The van der Waals surface area contributed by atoms with Crippen LogP contribution < -0.4 is 14.4 Å². The Bertz CT molecular complexity index is 910. The number of ether oxygens (including phenoxy) is 1. The van der Waals surface area contributed by atoms with Crippen LogP contribution >= 0.6 is 0 Å². The number of carbonyl (C=O) groups excluding carboxylic acids is 1. The summed E-state index contributed by atoms with van der Waals surface area (Å²) in [5.74, 6) is 0.418. The van der Waals surface area contributed by atoms with E-state index < -0.39 is 10.0 Å². The van der Waals surface area contributed by atoms with Crippen molar-refractivity contribution < 1.29 is 17.9 Å². The Morgan fingerprint density at radius 2 is 1.89 bits per heavy atom. The second kappa shape index (κ2) is 8.90. The zero-order chi connectivity index (χ0) is 20.0. The molecule has 146 valence electrons. The first-order valence-electron chi connectivity index (χ1n) is 8.65. The molecule has 0 unspecified atom stereocenters. The topological polar surface area (TPSA) is 75.7 Å². The number of aryl methyl sites for hydroxylation is 2.